The average molecular weight is 436 g/mol. The Bertz CT molecular complexity index is 1020. The molecule has 1 aliphatic rings. The first-order valence-corrected chi connectivity index (χ1v) is 11.7. The predicted octanol–water partition coefficient (Wildman–Crippen LogP) is 4.47. The van der Waals surface area contributed by atoms with Crippen LogP contribution in [0.4, 0.5) is 0 Å². The monoisotopic (exact) mass is 435 g/mol. The van der Waals surface area contributed by atoms with Gasteiger partial charge in [0.2, 0.25) is 5.91 Å². The van der Waals surface area contributed by atoms with E-state index in [1.54, 1.807) is 0 Å². The largest absolute Gasteiger partial charge is 0.492 e. The lowest BCUT2D eigenvalue weighted by Gasteiger charge is -2.13. The fourth-order valence-corrected chi connectivity index (χ4v) is 4.13. The number of aryl methyl sites for hydroxylation is 1. The van der Waals surface area contributed by atoms with E-state index in [0.29, 0.717) is 25.7 Å². The van der Waals surface area contributed by atoms with Crippen LogP contribution < -0.4 is 10.1 Å². The molecule has 1 amide bonds. The molecule has 2 heterocycles. The Labute approximate surface area is 189 Å². The molecule has 0 saturated carbocycles. The standard InChI is InChI=1S/C26H33N3O3/c1-19(2)20-11-13-21(14-12-20)31-18-16-29-23-8-4-3-7-22(23)28-25(29)10-5-15-27-26(30)24-9-6-17-32-24/h3-4,7-8,11-14,19,24H,5-6,9-10,15-18H2,1-2H3,(H,27,30). The Morgan fingerprint density at radius 3 is 2.78 bits per heavy atom. The van der Waals surface area contributed by atoms with Crippen molar-refractivity contribution in [2.24, 2.45) is 0 Å². The van der Waals surface area contributed by atoms with Gasteiger partial charge in [0, 0.05) is 19.6 Å². The lowest BCUT2D eigenvalue weighted by molar-refractivity contribution is -0.130. The van der Waals surface area contributed by atoms with Gasteiger partial charge in [-0.3, -0.25) is 4.79 Å². The molecule has 6 nitrogen and oxygen atoms in total. The van der Waals surface area contributed by atoms with Crippen molar-refractivity contribution < 1.29 is 14.3 Å². The summed E-state index contributed by atoms with van der Waals surface area (Å²) in [6.45, 7) is 6.99. The number of aromatic nitrogens is 2. The van der Waals surface area contributed by atoms with Crippen LogP contribution in [0.5, 0.6) is 5.75 Å². The highest BCUT2D eigenvalue weighted by molar-refractivity contribution is 5.80. The lowest BCUT2D eigenvalue weighted by atomic mass is 10.0. The quantitative estimate of drug-likeness (QED) is 0.477. The maximum atomic E-state index is 12.1. The first kappa shape index (κ1) is 22.3. The summed E-state index contributed by atoms with van der Waals surface area (Å²) < 4.78 is 13.7. The van der Waals surface area contributed by atoms with Gasteiger partial charge in [-0.1, -0.05) is 38.1 Å². The number of amides is 1. The van der Waals surface area contributed by atoms with E-state index >= 15 is 0 Å². The minimum atomic E-state index is -0.272. The fourth-order valence-electron chi connectivity index (χ4n) is 4.13. The molecular weight excluding hydrogens is 402 g/mol. The molecule has 0 radical (unpaired) electrons. The second-order valence-electron chi connectivity index (χ2n) is 8.64. The van der Waals surface area contributed by atoms with Crippen LogP contribution in [0.15, 0.2) is 48.5 Å². The first-order valence-electron chi connectivity index (χ1n) is 11.7. The Morgan fingerprint density at radius 2 is 2.03 bits per heavy atom. The number of rotatable bonds is 10. The highest BCUT2D eigenvalue weighted by Gasteiger charge is 2.22. The molecule has 1 saturated heterocycles. The summed E-state index contributed by atoms with van der Waals surface area (Å²) in [7, 11) is 0. The van der Waals surface area contributed by atoms with Gasteiger partial charge in [-0.25, -0.2) is 4.98 Å². The van der Waals surface area contributed by atoms with Crippen molar-refractivity contribution in [2.75, 3.05) is 19.8 Å². The minimum absolute atomic E-state index is 0.00730. The smallest absolute Gasteiger partial charge is 0.249 e. The molecule has 3 aromatic rings. The predicted molar refractivity (Wildman–Crippen MR) is 126 cm³/mol. The van der Waals surface area contributed by atoms with Gasteiger partial charge in [0.15, 0.2) is 0 Å². The van der Waals surface area contributed by atoms with E-state index in [2.05, 4.69) is 41.9 Å². The SMILES string of the molecule is CC(C)c1ccc(OCCn2c(CCCNC(=O)C3CCCO3)nc3ccccc32)cc1. The van der Waals surface area contributed by atoms with Gasteiger partial charge in [0.1, 0.15) is 24.3 Å². The van der Waals surface area contributed by atoms with Gasteiger partial charge in [-0.05, 0) is 55.0 Å². The third-order valence-corrected chi connectivity index (χ3v) is 5.96. The average Bonchev–Trinajstić information content (AvgIpc) is 3.46. The summed E-state index contributed by atoms with van der Waals surface area (Å²) in [5.74, 6) is 2.43. The Balaban J connectivity index is 1.34. The number of nitrogens with one attached hydrogen (secondary N) is 1. The molecule has 1 fully saturated rings. The fraction of sp³-hybridized carbons (Fsp3) is 0.462. The van der Waals surface area contributed by atoms with E-state index < -0.39 is 0 Å². The zero-order valence-corrected chi connectivity index (χ0v) is 19.0. The number of benzene rings is 2. The summed E-state index contributed by atoms with van der Waals surface area (Å²) in [5.41, 5.74) is 3.42. The van der Waals surface area contributed by atoms with Crippen molar-refractivity contribution in [3.63, 3.8) is 0 Å². The number of nitrogens with zero attached hydrogens (tertiary/aromatic N) is 2. The molecule has 1 unspecified atom stereocenters. The maximum absolute atomic E-state index is 12.1. The van der Waals surface area contributed by atoms with Crippen molar-refractivity contribution >= 4 is 16.9 Å². The molecule has 4 rings (SSSR count). The van der Waals surface area contributed by atoms with E-state index in [9.17, 15) is 4.79 Å². The van der Waals surface area contributed by atoms with Gasteiger partial charge in [0.05, 0.1) is 17.6 Å². The maximum Gasteiger partial charge on any atom is 0.249 e. The van der Waals surface area contributed by atoms with Gasteiger partial charge in [0.25, 0.3) is 0 Å². The number of fused-ring (bicyclic) bond motifs is 1. The molecule has 0 bridgehead atoms. The summed E-state index contributed by atoms with van der Waals surface area (Å²) in [6.07, 6.45) is 3.14. The highest BCUT2D eigenvalue weighted by Crippen LogP contribution is 2.20. The summed E-state index contributed by atoms with van der Waals surface area (Å²) in [5, 5.41) is 3.00. The molecule has 0 spiro atoms. The van der Waals surface area contributed by atoms with Gasteiger partial charge in [-0.2, -0.15) is 0 Å². The number of para-hydroxylation sites is 2. The number of hydrogen-bond donors (Lipinski definition) is 1. The molecular formula is C26H33N3O3. The van der Waals surface area contributed by atoms with Crippen LogP contribution in [0.25, 0.3) is 11.0 Å². The summed E-state index contributed by atoms with van der Waals surface area (Å²) >= 11 is 0. The Morgan fingerprint density at radius 1 is 1.22 bits per heavy atom. The molecule has 1 N–H and O–H groups in total. The highest BCUT2D eigenvalue weighted by atomic mass is 16.5. The normalized spacial score (nSPS) is 16.0. The van der Waals surface area contributed by atoms with Gasteiger partial charge >= 0.3 is 0 Å². The van der Waals surface area contributed by atoms with E-state index in [1.807, 2.05) is 30.3 Å². The number of carbonyl (C=O) groups is 1. The van der Waals surface area contributed by atoms with Crippen molar-refractivity contribution in [1.29, 1.82) is 0 Å². The van der Waals surface area contributed by atoms with Gasteiger partial charge < -0.3 is 19.4 Å². The molecule has 32 heavy (non-hydrogen) atoms. The van der Waals surface area contributed by atoms with Gasteiger partial charge in [-0.15, -0.1) is 0 Å². The minimum Gasteiger partial charge on any atom is -0.492 e. The van der Waals surface area contributed by atoms with Crippen LogP contribution in [-0.2, 0) is 22.5 Å². The Kier molecular flexibility index (Phi) is 7.43. The van der Waals surface area contributed by atoms with Crippen molar-refractivity contribution in [3.8, 4) is 5.75 Å². The topological polar surface area (TPSA) is 65.4 Å². The van der Waals surface area contributed by atoms with Crippen LogP contribution >= 0.6 is 0 Å². The summed E-state index contributed by atoms with van der Waals surface area (Å²) in [4.78, 5) is 17.0. The second kappa shape index (κ2) is 10.6. The lowest BCUT2D eigenvalue weighted by Crippen LogP contribution is -2.34. The number of hydrogen-bond acceptors (Lipinski definition) is 4. The zero-order chi connectivity index (χ0) is 22.3. The van der Waals surface area contributed by atoms with Crippen molar-refractivity contribution in [1.82, 2.24) is 14.9 Å². The van der Waals surface area contributed by atoms with Crippen LogP contribution in [0.3, 0.4) is 0 Å². The zero-order valence-electron chi connectivity index (χ0n) is 19.0. The number of carbonyl (C=O) groups excluding carboxylic acids is 1. The third-order valence-electron chi connectivity index (χ3n) is 5.96. The molecule has 6 heteroatoms. The summed E-state index contributed by atoms with van der Waals surface area (Å²) in [6, 6.07) is 16.5. The van der Waals surface area contributed by atoms with Crippen LogP contribution in [0.2, 0.25) is 0 Å². The number of imidazole rings is 1. The Hall–Kier alpha value is -2.86. The van der Waals surface area contributed by atoms with E-state index in [1.165, 1.54) is 5.56 Å². The molecule has 170 valence electrons. The second-order valence-corrected chi connectivity index (χ2v) is 8.64. The van der Waals surface area contributed by atoms with Crippen LogP contribution in [-0.4, -0.2) is 41.3 Å². The van der Waals surface area contributed by atoms with Crippen molar-refractivity contribution in [2.45, 2.75) is 58.1 Å². The van der Waals surface area contributed by atoms with E-state index in [4.69, 9.17) is 14.5 Å². The van der Waals surface area contributed by atoms with E-state index in [-0.39, 0.29) is 12.0 Å². The molecule has 1 atom stereocenters. The van der Waals surface area contributed by atoms with Crippen LogP contribution in [0, 0.1) is 0 Å². The number of ether oxygens (including phenoxy) is 2. The molecule has 1 aromatic heterocycles. The van der Waals surface area contributed by atoms with Crippen molar-refractivity contribution in [3.05, 3.63) is 59.9 Å². The van der Waals surface area contributed by atoms with E-state index in [0.717, 1.165) is 54.8 Å². The molecule has 2 aromatic carbocycles. The molecule has 1 aliphatic heterocycles. The van der Waals surface area contributed by atoms with Crippen LogP contribution in [0.1, 0.15) is 50.4 Å². The third kappa shape index (κ3) is 5.49. The first-order chi connectivity index (χ1) is 15.6. The molecule has 0 aliphatic carbocycles.